The average Bonchev–Trinajstić information content (AvgIpc) is 3.10. The molecule has 2 heterocycles. The van der Waals surface area contributed by atoms with Crippen LogP contribution in [0.25, 0.3) is 10.2 Å². The summed E-state index contributed by atoms with van der Waals surface area (Å²) in [6, 6.07) is 15.2. The van der Waals surface area contributed by atoms with Gasteiger partial charge in [0, 0.05) is 31.7 Å². The normalized spacial score (nSPS) is 15.0. The van der Waals surface area contributed by atoms with Gasteiger partial charge < -0.3 is 15.1 Å². The molecule has 1 aromatic heterocycles. The highest BCUT2D eigenvalue weighted by Gasteiger charge is 2.21. The minimum atomic E-state index is -0.0982. The van der Waals surface area contributed by atoms with Gasteiger partial charge in [-0.05, 0) is 30.8 Å². The Labute approximate surface area is 167 Å². The number of amides is 2. The summed E-state index contributed by atoms with van der Waals surface area (Å²) in [7, 11) is 2.07. The van der Waals surface area contributed by atoms with E-state index in [1.165, 1.54) is 11.3 Å². The monoisotopic (exact) mass is 394 g/mol. The first-order valence-corrected chi connectivity index (χ1v) is 10.1. The molecule has 7 heteroatoms. The van der Waals surface area contributed by atoms with Crippen LogP contribution in [-0.2, 0) is 11.2 Å². The summed E-state index contributed by atoms with van der Waals surface area (Å²) in [6.45, 7) is 3.28. The third-order valence-electron chi connectivity index (χ3n) is 4.88. The Hall–Kier alpha value is -2.77. The number of fused-ring (bicyclic) bond motifs is 1. The molecular weight excluding hydrogens is 372 g/mol. The molecule has 0 saturated carbocycles. The van der Waals surface area contributed by atoms with Crippen LogP contribution in [0.5, 0.6) is 0 Å². The summed E-state index contributed by atoms with van der Waals surface area (Å²) in [5.41, 5.74) is 2.42. The van der Waals surface area contributed by atoms with Crippen LogP contribution in [-0.4, -0.2) is 59.8 Å². The number of likely N-dealkylation sites (N-methyl/N-ethyl adjacent to an activating group) is 1. The number of hydrogen-bond acceptors (Lipinski definition) is 5. The van der Waals surface area contributed by atoms with Crippen LogP contribution in [0.4, 0.5) is 5.13 Å². The minimum absolute atomic E-state index is 0.0538. The third kappa shape index (κ3) is 4.21. The number of aromatic nitrogens is 1. The fraction of sp³-hybridized carbons (Fsp3) is 0.286. The zero-order valence-corrected chi connectivity index (χ0v) is 16.5. The van der Waals surface area contributed by atoms with Gasteiger partial charge in [-0.15, -0.1) is 0 Å². The van der Waals surface area contributed by atoms with Gasteiger partial charge in [0.25, 0.3) is 5.91 Å². The molecule has 28 heavy (non-hydrogen) atoms. The zero-order chi connectivity index (χ0) is 19.5. The molecule has 2 amide bonds. The summed E-state index contributed by atoms with van der Waals surface area (Å²) >= 11 is 1.39. The molecule has 6 nitrogen and oxygen atoms in total. The van der Waals surface area contributed by atoms with Crippen molar-refractivity contribution in [2.75, 3.05) is 38.5 Å². The number of nitrogens with zero attached hydrogens (tertiary/aromatic N) is 3. The lowest BCUT2D eigenvalue weighted by Gasteiger charge is -2.32. The van der Waals surface area contributed by atoms with Gasteiger partial charge in [0.05, 0.1) is 16.6 Å². The predicted molar refractivity (Wildman–Crippen MR) is 112 cm³/mol. The largest absolute Gasteiger partial charge is 0.336 e. The number of benzene rings is 2. The van der Waals surface area contributed by atoms with Gasteiger partial charge in [-0.2, -0.15) is 0 Å². The van der Waals surface area contributed by atoms with Gasteiger partial charge in [-0.3, -0.25) is 9.59 Å². The number of thiazole rings is 1. The molecule has 4 rings (SSSR count). The van der Waals surface area contributed by atoms with Crippen molar-refractivity contribution in [1.29, 1.82) is 0 Å². The predicted octanol–water partition coefficient (Wildman–Crippen LogP) is 2.87. The van der Waals surface area contributed by atoms with E-state index >= 15 is 0 Å². The van der Waals surface area contributed by atoms with Crippen molar-refractivity contribution < 1.29 is 9.59 Å². The molecule has 1 aliphatic rings. The van der Waals surface area contributed by atoms with Crippen molar-refractivity contribution in [2.45, 2.75) is 6.42 Å². The standard InChI is InChI=1S/C21H22N4O2S/c1-24-9-11-25(12-10-24)20(27)16-7-8-17-18(14-16)28-21(22-17)23-19(26)13-15-5-3-2-4-6-15/h2-8,14H,9-13H2,1H3,(H,22,23,26). The van der Waals surface area contributed by atoms with Crippen molar-refractivity contribution in [2.24, 2.45) is 0 Å². The molecule has 0 bridgehead atoms. The Morgan fingerprint density at radius 3 is 2.57 bits per heavy atom. The quantitative estimate of drug-likeness (QED) is 0.739. The van der Waals surface area contributed by atoms with Gasteiger partial charge in [0.1, 0.15) is 0 Å². The van der Waals surface area contributed by atoms with Crippen molar-refractivity contribution in [3.05, 3.63) is 59.7 Å². The Kier molecular flexibility index (Phi) is 5.36. The maximum Gasteiger partial charge on any atom is 0.253 e. The van der Waals surface area contributed by atoms with Crippen LogP contribution >= 0.6 is 11.3 Å². The van der Waals surface area contributed by atoms with Crippen LogP contribution in [0.1, 0.15) is 15.9 Å². The van der Waals surface area contributed by atoms with Crippen LogP contribution in [0.3, 0.4) is 0 Å². The van der Waals surface area contributed by atoms with Crippen molar-refractivity contribution in [1.82, 2.24) is 14.8 Å². The summed E-state index contributed by atoms with van der Waals surface area (Å²) in [5.74, 6) is -0.0444. The summed E-state index contributed by atoms with van der Waals surface area (Å²) in [5, 5.41) is 3.42. The van der Waals surface area contributed by atoms with Gasteiger partial charge in [0.2, 0.25) is 5.91 Å². The van der Waals surface area contributed by atoms with Gasteiger partial charge in [0.15, 0.2) is 5.13 Å². The highest BCUT2D eigenvalue weighted by atomic mass is 32.1. The summed E-state index contributed by atoms with van der Waals surface area (Å²) in [4.78, 5) is 33.6. The topological polar surface area (TPSA) is 65.5 Å². The fourth-order valence-corrected chi connectivity index (χ4v) is 4.17. The second-order valence-corrected chi connectivity index (χ2v) is 8.04. The van der Waals surface area contributed by atoms with E-state index in [1.807, 2.05) is 53.4 Å². The molecule has 2 aromatic carbocycles. The Morgan fingerprint density at radius 2 is 1.82 bits per heavy atom. The van der Waals surface area contributed by atoms with E-state index < -0.39 is 0 Å². The van der Waals surface area contributed by atoms with E-state index in [0.29, 0.717) is 17.1 Å². The molecule has 144 valence electrons. The number of carbonyl (C=O) groups is 2. The number of piperazine rings is 1. The van der Waals surface area contributed by atoms with Crippen LogP contribution in [0, 0.1) is 0 Å². The Bertz CT molecular complexity index is 994. The van der Waals surface area contributed by atoms with Crippen molar-refractivity contribution in [3.8, 4) is 0 Å². The van der Waals surface area contributed by atoms with Gasteiger partial charge >= 0.3 is 0 Å². The summed E-state index contributed by atoms with van der Waals surface area (Å²) < 4.78 is 0.898. The van der Waals surface area contributed by atoms with E-state index in [2.05, 4.69) is 22.2 Å². The van der Waals surface area contributed by atoms with E-state index in [-0.39, 0.29) is 11.8 Å². The highest BCUT2D eigenvalue weighted by molar-refractivity contribution is 7.22. The van der Waals surface area contributed by atoms with E-state index in [9.17, 15) is 9.59 Å². The molecular formula is C21H22N4O2S. The lowest BCUT2D eigenvalue weighted by Crippen LogP contribution is -2.47. The van der Waals surface area contributed by atoms with Crippen LogP contribution < -0.4 is 5.32 Å². The van der Waals surface area contributed by atoms with Crippen molar-refractivity contribution in [3.63, 3.8) is 0 Å². The number of rotatable bonds is 4. The smallest absolute Gasteiger partial charge is 0.253 e. The zero-order valence-electron chi connectivity index (χ0n) is 15.7. The fourth-order valence-electron chi connectivity index (χ4n) is 3.25. The third-order valence-corrected chi connectivity index (χ3v) is 5.81. The van der Waals surface area contributed by atoms with Crippen LogP contribution in [0.2, 0.25) is 0 Å². The number of carbonyl (C=O) groups excluding carboxylic acids is 2. The molecule has 1 aliphatic heterocycles. The van der Waals surface area contributed by atoms with E-state index in [0.717, 1.165) is 42.0 Å². The second-order valence-electron chi connectivity index (χ2n) is 7.01. The molecule has 1 fully saturated rings. The molecule has 0 atom stereocenters. The molecule has 0 radical (unpaired) electrons. The number of anilines is 1. The highest BCUT2D eigenvalue weighted by Crippen LogP contribution is 2.27. The van der Waals surface area contributed by atoms with Crippen molar-refractivity contribution >= 4 is 38.5 Å². The van der Waals surface area contributed by atoms with Gasteiger partial charge in [-0.25, -0.2) is 4.98 Å². The molecule has 0 aliphatic carbocycles. The lowest BCUT2D eigenvalue weighted by atomic mass is 10.1. The Morgan fingerprint density at radius 1 is 1.07 bits per heavy atom. The first-order chi connectivity index (χ1) is 13.6. The van der Waals surface area contributed by atoms with E-state index in [4.69, 9.17) is 0 Å². The molecule has 1 saturated heterocycles. The first-order valence-electron chi connectivity index (χ1n) is 9.31. The van der Waals surface area contributed by atoms with Gasteiger partial charge in [-0.1, -0.05) is 41.7 Å². The number of hydrogen-bond donors (Lipinski definition) is 1. The first kappa shape index (κ1) is 18.6. The molecule has 0 unspecified atom stereocenters. The summed E-state index contributed by atoms with van der Waals surface area (Å²) in [6.07, 6.45) is 0.309. The lowest BCUT2D eigenvalue weighted by molar-refractivity contribution is -0.115. The SMILES string of the molecule is CN1CCN(C(=O)c2ccc3nc(NC(=O)Cc4ccccc4)sc3c2)CC1. The number of nitrogens with one attached hydrogen (secondary N) is 1. The molecule has 3 aromatic rings. The molecule has 0 spiro atoms. The maximum absolute atomic E-state index is 12.8. The average molecular weight is 395 g/mol. The minimum Gasteiger partial charge on any atom is -0.336 e. The second kappa shape index (κ2) is 8.08. The molecule has 1 N–H and O–H groups in total. The Balaban J connectivity index is 1.45. The van der Waals surface area contributed by atoms with E-state index in [1.54, 1.807) is 0 Å². The van der Waals surface area contributed by atoms with Crippen LogP contribution in [0.15, 0.2) is 48.5 Å². The maximum atomic E-state index is 12.8.